The van der Waals surface area contributed by atoms with Crippen LogP contribution in [0.25, 0.3) is 0 Å². The van der Waals surface area contributed by atoms with Gasteiger partial charge in [-0.1, -0.05) is 0 Å². The Morgan fingerprint density at radius 3 is 1.89 bits per heavy atom. The van der Waals surface area contributed by atoms with E-state index in [0.29, 0.717) is 46.6 Å². The van der Waals surface area contributed by atoms with Gasteiger partial charge in [-0.15, -0.1) is 0 Å². The van der Waals surface area contributed by atoms with Crippen LogP contribution in [0.5, 0.6) is 17.2 Å². The summed E-state index contributed by atoms with van der Waals surface area (Å²) in [6, 6.07) is 8.92. The molecule has 1 aliphatic rings. The molecule has 0 saturated heterocycles. The van der Waals surface area contributed by atoms with Crippen LogP contribution in [0.3, 0.4) is 0 Å². The van der Waals surface area contributed by atoms with Crippen molar-refractivity contribution in [2.75, 3.05) is 0 Å². The first-order chi connectivity index (χ1) is 13.3. The Morgan fingerprint density at radius 2 is 1.36 bits per heavy atom. The first-order valence-corrected chi connectivity index (χ1v) is 8.77. The lowest BCUT2D eigenvalue weighted by Gasteiger charge is -2.15. The highest BCUT2D eigenvalue weighted by Gasteiger charge is 2.18. The van der Waals surface area contributed by atoms with Gasteiger partial charge in [0, 0.05) is 12.0 Å². The van der Waals surface area contributed by atoms with Crippen molar-refractivity contribution in [2.45, 2.75) is 26.7 Å². The summed E-state index contributed by atoms with van der Waals surface area (Å²) in [7, 11) is 0. The normalized spacial score (nSPS) is 13.4. The molecule has 2 aromatic carbocycles. The Morgan fingerprint density at radius 1 is 0.786 bits per heavy atom. The van der Waals surface area contributed by atoms with E-state index in [0.717, 1.165) is 0 Å². The average Bonchev–Trinajstić information content (AvgIpc) is 2.68. The number of ether oxygens (including phenoxy) is 2. The lowest BCUT2D eigenvalue weighted by Crippen LogP contribution is -2.14. The third-order valence-corrected chi connectivity index (χ3v) is 4.59. The number of benzene rings is 2. The summed E-state index contributed by atoms with van der Waals surface area (Å²) < 4.78 is 10.9. The van der Waals surface area contributed by atoms with Crippen LogP contribution in [-0.4, -0.2) is 22.2 Å². The van der Waals surface area contributed by atoms with Crippen LogP contribution in [0.15, 0.2) is 59.9 Å². The van der Waals surface area contributed by atoms with E-state index in [1.807, 2.05) is 0 Å². The summed E-state index contributed by atoms with van der Waals surface area (Å²) in [6.45, 7) is 3.55. The summed E-state index contributed by atoms with van der Waals surface area (Å²) >= 11 is 0. The van der Waals surface area contributed by atoms with Crippen molar-refractivity contribution < 1.29 is 29.3 Å². The van der Waals surface area contributed by atoms with Crippen molar-refractivity contribution in [3.05, 3.63) is 76.6 Å². The predicted octanol–water partition coefficient (Wildman–Crippen LogP) is 4.30. The fraction of sp³-hybridized carbons (Fsp3) is 0.182. The first-order valence-electron chi connectivity index (χ1n) is 8.77. The molecule has 6 heteroatoms. The van der Waals surface area contributed by atoms with Crippen LogP contribution >= 0.6 is 0 Å². The monoisotopic (exact) mass is 380 g/mol. The number of esters is 2. The molecule has 1 aliphatic carbocycles. The number of aliphatic hydroxyl groups excluding tert-OH is 1. The van der Waals surface area contributed by atoms with Crippen molar-refractivity contribution in [1.82, 2.24) is 0 Å². The van der Waals surface area contributed by atoms with E-state index in [4.69, 9.17) is 9.47 Å². The second-order valence-electron chi connectivity index (χ2n) is 6.49. The van der Waals surface area contributed by atoms with Crippen LogP contribution in [0.1, 0.15) is 34.3 Å². The number of allylic oxidation sites excluding steroid dienone is 3. The Balaban J connectivity index is 1.74. The molecule has 0 amide bonds. The zero-order valence-electron chi connectivity index (χ0n) is 15.6. The minimum atomic E-state index is -0.550. The minimum absolute atomic E-state index is 0.0635. The summed E-state index contributed by atoms with van der Waals surface area (Å²) in [6.07, 6.45) is 3.87. The van der Waals surface area contributed by atoms with Crippen molar-refractivity contribution in [3.8, 4) is 17.2 Å². The Kier molecular flexibility index (Phi) is 5.49. The smallest absolute Gasteiger partial charge is 0.343 e. The molecule has 0 bridgehead atoms. The SMILES string of the molecule is Cc1c(OC(=O)C2=CC=C(O)CC2)ccc(OC(=O)c2ccc(O)cc2)c1C. The fourth-order valence-corrected chi connectivity index (χ4v) is 2.71. The third kappa shape index (κ3) is 4.23. The highest BCUT2D eigenvalue weighted by Crippen LogP contribution is 2.31. The Hall–Kier alpha value is -3.54. The van der Waals surface area contributed by atoms with Gasteiger partial charge in [-0.05, 0) is 79.9 Å². The molecule has 0 saturated carbocycles. The number of phenolic OH excluding ortho intramolecular Hbond substituents is 1. The van der Waals surface area contributed by atoms with E-state index < -0.39 is 11.9 Å². The molecule has 0 fully saturated rings. The van der Waals surface area contributed by atoms with E-state index in [2.05, 4.69) is 0 Å². The molecule has 2 aromatic rings. The lowest BCUT2D eigenvalue weighted by molar-refractivity contribution is -0.130. The number of carbonyl (C=O) groups is 2. The molecular formula is C22H20O6. The zero-order chi connectivity index (χ0) is 20.3. The van der Waals surface area contributed by atoms with Crippen LogP contribution < -0.4 is 9.47 Å². The van der Waals surface area contributed by atoms with Crippen LogP contribution in [-0.2, 0) is 4.79 Å². The number of carbonyl (C=O) groups excluding carboxylic acids is 2. The summed E-state index contributed by atoms with van der Waals surface area (Å²) in [4.78, 5) is 24.6. The molecule has 0 atom stereocenters. The summed E-state index contributed by atoms with van der Waals surface area (Å²) in [5.41, 5.74) is 2.15. The zero-order valence-corrected chi connectivity index (χ0v) is 15.6. The first kappa shape index (κ1) is 19.2. The van der Waals surface area contributed by atoms with Gasteiger partial charge in [-0.2, -0.15) is 0 Å². The van der Waals surface area contributed by atoms with Gasteiger partial charge in [0.05, 0.1) is 11.3 Å². The molecule has 3 rings (SSSR count). The molecule has 28 heavy (non-hydrogen) atoms. The van der Waals surface area contributed by atoms with Gasteiger partial charge >= 0.3 is 11.9 Å². The number of hydrogen-bond donors (Lipinski definition) is 2. The Bertz CT molecular complexity index is 983. The summed E-state index contributed by atoms with van der Waals surface area (Å²) in [5.74, 6) is 0.0231. The van der Waals surface area contributed by atoms with Crippen molar-refractivity contribution >= 4 is 11.9 Å². The lowest BCUT2D eigenvalue weighted by atomic mass is 10.0. The topological polar surface area (TPSA) is 93.1 Å². The maximum Gasteiger partial charge on any atom is 0.343 e. The Labute approximate surface area is 162 Å². The molecule has 0 aromatic heterocycles. The van der Waals surface area contributed by atoms with E-state index in [-0.39, 0.29) is 11.5 Å². The molecule has 0 radical (unpaired) electrons. The number of phenols is 1. The van der Waals surface area contributed by atoms with Crippen LogP contribution in [0, 0.1) is 13.8 Å². The number of aromatic hydroxyl groups is 1. The fourth-order valence-electron chi connectivity index (χ4n) is 2.71. The standard InChI is InChI=1S/C22H20O6/c1-13-14(2)20(28-22(26)16-5-9-18(24)10-6-16)12-11-19(13)27-21(25)15-3-7-17(23)8-4-15/h3-5,7-9,11-12,23-24H,6,10H2,1-2H3. The molecule has 6 nitrogen and oxygen atoms in total. The van der Waals surface area contributed by atoms with Gasteiger partial charge in [0.2, 0.25) is 0 Å². The minimum Gasteiger partial charge on any atom is -0.512 e. The van der Waals surface area contributed by atoms with Gasteiger partial charge in [0.1, 0.15) is 17.2 Å². The van der Waals surface area contributed by atoms with E-state index in [1.165, 1.54) is 30.3 Å². The predicted molar refractivity (Wildman–Crippen MR) is 103 cm³/mol. The summed E-state index contributed by atoms with van der Waals surface area (Å²) in [5, 5.41) is 18.7. The highest BCUT2D eigenvalue weighted by molar-refractivity contribution is 5.92. The van der Waals surface area contributed by atoms with Gasteiger partial charge in [0.25, 0.3) is 0 Å². The van der Waals surface area contributed by atoms with E-state index >= 15 is 0 Å². The third-order valence-electron chi connectivity index (χ3n) is 4.59. The van der Waals surface area contributed by atoms with E-state index in [9.17, 15) is 19.8 Å². The largest absolute Gasteiger partial charge is 0.512 e. The molecule has 0 aliphatic heterocycles. The van der Waals surface area contributed by atoms with Crippen molar-refractivity contribution in [2.24, 2.45) is 0 Å². The van der Waals surface area contributed by atoms with E-state index in [1.54, 1.807) is 32.1 Å². The molecule has 2 N–H and O–H groups in total. The quantitative estimate of drug-likeness (QED) is 0.607. The second-order valence-corrected chi connectivity index (χ2v) is 6.49. The highest BCUT2D eigenvalue weighted by atomic mass is 16.5. The van der Waals surface area contributed by atoms with Gasteiger partial charge < -0.3 is 19.7 Å². The maximum atomic E-state index is 12.3. The molecule has 0 spiro atoms. The molecule has 144 valence electrons. The number of hydrogen-bond acceptors (Lipinski definition) is 6. The van der Waals surface area contributed by atoms with Gasteiger partial charge in [-0.25, -0.2) is 9.59 Å². The molecule has 0 unspecified atom stereocenters. The van der Waals surface area contributed by atoms with Crippen LogP contribution in [0.2, 0.25) is 0 Å². The molecule has 0 heterocycles. The molecular weight excluding hydrogens is 360 g/mol. The van der Waals surface area contributed by atoms with Gasteiger partial charge in [0.15, 0.2) is 0 Å². The van der Waals surface area contributed by atoms with Crippen molar-refractivity contribution in [3.63, 3.8) is 0 Å². The van der Waals surface area contributed by atoms with Crippen LogP contribution in [0.4, 0.5) is 0 Å². The number of aliphatic hydroxyl groups is 1. The van der Waals surface area contributed by atoms with Crippen molar-refractivity contribution in [1.29, 1.82) is 0 Å². The van der Waals surface area contributed by atoms with Gasteiger partial charge in [-0.3, -0.25) is 0 Å². The average molecular weight is 380 g/mol. The second kappa shape index (κ2) is 8.00. The number of rotatable bonds is 4. The maximum absolute atomic E-state index is 12.3.